The molecule has 2 saturated heterocycles. The molecule has 3 aliphatic rings. The van der Waals surface area contributed by atoms with Crippen LogP contribution in [0.25, 0.3) is 0 Å². The molecule has 0 aromatic heterocycles. The number of aryl methyl sites for hydroxylation is 1. The highest BCUT2D eigenvalue weighted by molar-refractivity contribution is 5.94. The number of hydrogen-bond acceptors (Lipinski definition) is 4. The first-order chi connectivity index (χ1) is 15.2. The van der Waals surface area contributed by atoms with E-state index in [0.717, 1.165) is 57.4 Å². The molecule has 1 aromatic rings. The van der Waals surface area contributed by atoms with Gasteiger partial charge < -0.3 is 15.0 Å². The van der Waals surface area contributed by atoms with Gasteiger partial charge in [0, 0.05) is 44.9 Å². The molecule has 2 amide bonds. The van der Waals surface area contributed by atoms with Gasteiger partial charge in [-0.1, -0.05) is 31.9 Å². The third-order valence-electron chi connectivity index (χ3n) is 7.25. The molecule has 0 bridgehead atoms. The second-order valence-corrected chi connectivity index (χ2v) is 9.25. The van der Waals surface area contributed by atoms with Crippen LogP contribution in [0.3, 0.4) is 0 Å². The van der Waals surface area contributed by atoms with Crippen molar-refractivity contribution in [2.24, 2.45) is 5.92 Å². The van der Waals surface area contributed by atoms with Gasteiger partial charge in [-0.2, -0.15) is 0 Å². The minimum atomic E-state index is -0.0787. The minimum Gasteiger partial charge on any atom is -0.376 e. The van der Waals surface area contributed by atoms with Gasteiger partial charge in [-0.25, -0.2) is 0 Å². The van der Waals surface area contributed by atoms with Gasteiger partial charge >= 0.3 is 0 Å². The van der Waals surface area contributed by atoms with E-state index in [4.69, 9.17) is 4.74 Å². The number of benzene rings is 1. The van der Waals surface area contributed by atoms with Crippen molar-refractivity contribution in [3.8, 4) is 0 Å². The first-order valence-electron chi connectivity index (χ1n) is 12.2. The van der Waals surface area contributed by atoms with E-state index in [1.54, 1.807) is 0 Å². The Balaban J connectivity index is 1.35. The number of amides is 2. The number of nitrogens with zero attached hydrogens (tertiary/aromatic N) is 2. The maximum Gasteiger partial charge on any atom is 0.253 e. The number of carbonyl (C=O) groups excluding carboxylic acids is 2. The van der Waals surface area contributed by atoms with Crippen molar-refractivity contribution in [2.45, 2.75) is 64.0 Å². The molecule has 6 nitrogen and oxygen atoms in total. The van der Waals surface area contributed by atoms with Gasteiger partial charge in [0.15, 0.2) is 0 Å². The van der Waals surface area contributed by atoms with Crippen molar-refractivity contribution >= 4 is 11.8 Å². The van der Waals surface area contributed by atoms with Crippen molar-refractivity contribution in [3.63, 3.8) is 0 Å². The van der Waals surface area contributed by atoms with Gasteiger partial charge in [-0.15, -0.1) is 0 Å². The van der Waals surface area contributed by atoms with E-state index in [0.29, 0.717) is 25.6 Å². The number of ether oxygens (including phenoxy) is 1. The molecule has 2 aliphatic heterocycles. The summed E-state index contributed by atoms with van der Waals surface area (Å²) in [6.45, 7) is 6.42. The van der Waals surface area contributed by atoms with E-state index in [-0.39, 0.29) is 24.0 Å². The summed E-state index contributed by atoms with van der Waals surface area (Å²) in [7, 11) is 0. The maximum atomic E-state index is 13.2. The number of hydrogen-bond donors (Lipinski definition) is 1. The zero-order chi connectivity index (χ0) is 21.6. The Labute approximate surface area is 186 Å². The summed E-state index contributed by atoms with van der Waals surface area (Å²) in [6.07, 6.45) is 7.95. The fourth-order valence-electron chi connectivity index (χ4n) is 5.34. The van der Waals surface area contributed by atoms with E-state index in [1.165, 1.54) is 18.4 Å². The lowest BCUT2D eigenvalue weighted by Gasteiger charge is -2.41. The second-order valence-electron chi connectivity index (χ2n) is 9.25. The first kappa shape index (κ1) is 22.3. The Bertz CT molecular complexity index is 731. The predicted octanol–water partition coefficient (Wildman–Crippen LogP) is 2.86. The Morgan fingerprint density at radius 2 is 1.74 bits per heavy atom. The number of nitrogens with one attached hydrogen (secondary N) is 1. The van der Waals surface area contributed by atoms with Gasteiger partial charge in [-0.05, 0) is 55.7 Å². The summed E-state index contributed by atoms with van der Waals surface area (Å²) in [4.78, 5) is 30.4. The average molecular weight is 428 g/mol. The molecule has 2 atom stereocenters. The highest BCUT2D eigenvalue weighted by Gasteiger charge is 2.37. The molecule has 0 spiro atoms. The van der Waals surface area contributed by atoms with E-state index in [9.17, 15) is 9.59 Å². The van der Waals surface area contributed by atoms with Gasteiger partial charge in [0.05, 0.1) is 12.1 Å². The number of piperazine rings is 1. The molecule has 1 N–H and O–H groups in total. The van der Waals surface area contributed by atoms with Crippen molar-refractivity contribution in [1.29, 1.82) is 0 Å². The van der Waals surface area contributed by atoms with Crippen LogP contribution in [0.5, 0.6) is 0 Å². The molecule has 31 heavy (non-hydrogen) atoms. The summed E-state index contributed by atoms with van der Waals surface area (Å²) in [5.41, 5.74) is 2.00. The van der Waals surface area contributed by atoms with Crippen LogP contribution in [0.15, 0.2) is 24.3 Å². The molecular formula is C25H37N3O3. The minimum absolute atomic E-state index is 0.0787. The van der Waals surface area contributed by atoms with E-state index in [2.05, 4.69) is 17.1 Å². The maximum absolute atomic E-state index is 13.2. The summed E-state index contributed by atoms with van der Waals surface area (Å²) < 4.78 is 5.68. The zero-order valence-corrected chi connectivity index (χ0v) is 18.9. The van der Waals surface area contributed by atoms with Crippen LogP contribution in [-0.4, -0.2) is 73.1 Å². The first-order valence-corrected chi connectivity index (χ1v) is 12.2. The fraction of sp³-hybridized carbons (Fsp3) is 0.680. The molecule has 1 aliphatic carbocycles. The summed E-state index contributed by atoms with van der Waals surface area (Å²) in [5.74, 6) is 0.674. The SMILES string of the molecule is CCc1ccc(C(=O)N2CCN([C@H](C(=O)NC[C@H]3CCCO3)C3CCCC3)CC2)cc1. The molecule has 170 valence electrons. The van der Waals surface area contributed by atoms with Crippen molar-refractivity contribution in [3.05, 3.63) is 35.4 Å². The largest absolute Gasteiger partial charge is 0.376 e. The molecule has 4 rings (SSSR count). The van der Waals surface area contributed by atoms with Crippen LogP contribution in [0.1, 0.15) is 61.4 Å². The van der Waals surface area contributed by atoms with Crippen LogP contribution in [0.2, 0.25) is 0 Å². The Morgan fingerprint density at radius 1 is 1.03 bits per heavy atom. The summed E-state index contributed by atoms with van der Waals surface area (Å²) in [6, 6.07) is 7.88. The Morgan fingerprint density at radius 3 is 2.35 bits per heavy atom. The summed E-state index contributed by atoms with van der Waals surface area (Å²) >= 11 is 0. The van der Waals surface area contributed by atoms with Gasteiger partial charge in [0.1, 0.15) is 0 Å². The molecule has 2 heterocycles. The van der Waals surface area contributed by atoms with E-state index in [1.807, 2.05) is 29.2 Å². The molecular weight excluding hydrogens is 390 g/mol. The molecule has 0 radical (unpaired) electrons. The Kier molecular flexibility index (Phi) is 7.62. The molecule has 0 unspecified atom stereocenters. The zero-order valence-electron chi connectivity index (χ0n) is 18.9. The van der Waals surface area contributed by atoms with Crippen molar-refractivity contribution in [2.75, 3.05) is 39.3 Å². The molecule has 3 fully saturated rings. The highest BCUT2D eigenvalue weighted by atomic mass is 16.5. The van der Waals surface area contributed by atoms with E-state index >= 15 is 0 Å². The van der Waals surface area contributed by atoms with E-state index < -0.39 is 0 Å². The fourth-order valence-corrected chi connectivity index (χ4v) is 5.34. The summed E-state index contributed by atoms with van der Waals surface area (Å²) in [5, 5.41) is 3.18. The van der Waals surface area contributed by atoms with Crippen LogP contribution >= 0.6 is 0 Å². The van der Waals surface area contributed by atoms with Crippen LogP contribution in [0, 0.1) is 5.92 Å². The topological polar surface area (TPSA) is 61.9 Å². The normalized spacial score (nSPS) is 23.8. The second kappa shape index (κ2) is 10.6. The van der Waals surface area contributed by atoms with Crippen LogP contribution in [0.4, 0.5) is 0 Å². The van der Waals surface area contributed by atoms with Crippen molar-refractivity contribution in [1.82, 2.24) is 15.1 Å². The van der Waals surface area contributed by atoms with Gasteiger partial charge in [0.2, 0.25) is 5.91 Å². The van der Waals surface area contributed by atoms with Gasteiger partial charge in [0.25, 0.3) is 5.91 Å². The highest BCUT2D eigenvalue weighted by Crippen LogP contribution is 2.31. The average Bonchev–Trinajstić information content (AvgIpc) is 3.53. The van der Waals surface area contributed by atoms with Crippen LogP contribution in [-0.2, 0) is 16.0 Å². The lowest BCUT2D eigenvalue weighted by atomic mass is 9.94. The third kappa shape index (κ3) is 5.47. The lowest BCUT2D eigenvalue weighted by molar-refractivity contribution is -0.129. The quantitative estimate of drug-likeness (QED) is 0.727. The predicted molar refractivity (Wildman–Crippen MR) is 121 cm³/mol. The lowest BCUT2D eigenvalue weighted by Crippen LogP contribution is -2.58. The third-order valence-corrected chi connectivity index (χ3v) is 7.25. The monoisotopic (exact) mass is 427 g/mol. The number of carbonyl (C=O) groups is 2. The number of rotatable bonds is 7. The molecule has 6 heteroatoms. The Hall–Kier alpha value is -1.92. The standard InChI is InChI=1S/C25H37N3O3/c1-2-19-9-11-21(12-10-19)25(30)28-15-13-27(14-16-28)23(20-6-3-4-7-20)24(29)26-18-22-8-5-17-31-22/h9-12,20,22-23H,2-8,13-18H2,1H3,(H,26,29)/t22-,23+/m1/s1. The van der Waals surface area contributed by atoms with Crippen LogP contribution < -0.4 is 5.32 Å². The smallest absolute Gasteiger partial charge is 0.253 e. The van der Waals surface area contributed by atoms with Gasteiger partial charge in [-0.3, -0.25) is 14.5 Å². The van der Waals surface area contributed by atoms with Crippen molar-refractivity contribution < 1.29 is 14.3 Å². The molecule has 1 saturated carbocycles. The molecule has 1 aromatic carbocycles.